The van der Waals surface area contributed by atoms with Gasteiger partial charge in [0.1, 0.15) is 11.9 Å². The molecular formula is C17H17Cl2FN2O3S. The second kappa shape index (κ2) is 8.24. The van der Waals surface area contributed by atoms with Gasteiger partial charge in [-0.15, -0.1) is 0 Å². The van der Waals surface area contributed by atoms with Gasteiger partial charge in [-0.1, -0.05) is 29.3 Å². The normalized spacial score (nSPS) is 12.5. The van der Waals surface area contributed by atoms with Crippen molar-refractivity contribution in [1.29, 1.82) is 0 Å². The minimum Gasteiger partial charge on any atom is -0.350 e. The van der Waals surface area contributed by atoms with Gasteiger partial charge in [-0.3, -0.25) is 9.10 Å². The number of carbonyl (C=O) groups is 1. The molecule has 9 heteroatoms. The van der Waals surface area contributed by atoms with Crippen molar-refractivity contribution in [2.24, 2.45) is 0 Å². The molecule has 0 unspecified atom stereocenters. The number of halogens is 3. The Bertz CT molecular complexity index is 905. The van der Waals surface area contributed by atoms with Crippen LogP contribution in [0.15, 0.2) is 42.5 Å². The van der Waals surface area contributed by atoms with Crippen molar-refractivity contribution in [1.82, 2.24) is 5.32 Å². The molecule has 0 saturated carbocycles. The summed E-state index contributed by atoms with van der Waals surface area (Å²) in [6, 6.07) is 8.68. The number of sulfonamides is 1. The van der Waals surface area contributed by atoms with Crippen molar-refractivity contribution in [3.05, 3.63) is 63.9 Å². The first-order chi connectivity index (χ1) is 12.1. The number of hydrogen-bond acceptors (Lipinski definition) is 3. The van der Waals surface area contributed by atoms with E-state index < -0.39 is 27.8 Å². The Morgan fingerprint density at radius 2 is 1.81 bits per heavy atom. The highest BCUT2D eigenvalue weighted by atomic mass is 35.5. The van der Waals surface area contributed by atoms with Crippen LogP contribution in [0, 0.1) is 5.82 Å². The molecule has 2 aromatic carbocycles. The molecule has 1 N–H and O–H groups in total. The average molecular weight is 419 g/mol. The molecule has 0 aliphatic rings. The molecule has 0 radical (unpaired) electrons. The molecule has 0 aliphatic heterocycles. The van der Waals surface area contributed by atoms with Gasteiger partial charge in [0, 0.05) is 16.6 Å². The molecule has 2 rings (SSSR count). The fourth-order valence-electron chi connectivity index (χ4n) is 2.39. The highest BCUT2D eigenvalue weighted by Gasteiger charge is 2.29. The van der Waals surface area contributed by atoms with Crippen LogP contribution in [0.25, 0.3) is 0 Å². The predicted molar refractivity (Wildman–Crippen MR) is 101 cm³/mol. The minimum atomic E-state index is -3.77. The van der Waals surface area contributed by atoms with E-state index in [1.165, 1.54) is 19.1 Å². The first-order valence-electron chi connectivity index (χ1n) is 7.56. The van der Waals surface area contributed by atoms with Crippen molar-refractivity contribution < 1.29 is 17.6 Å². The minimum absolute atomic E-state index is 0.111. The van der Waals surface area contributed by atoms with Gasteiger partial charge in [0.05, 0.1) is 11.9 Å². The van der Waals surface area contributed by atoms with E-state index >= 15 is 0 Å². The lowest BCUT2D eigenvalue weighted by atomic mass is 10.2. The molecule has 26 heavy (non-hydrogen) atoms. The van der Waals surface area contributed by atoms with Crippen LogP contribution in [0.3, 0.4) is 0 Å². The lowest BCUT2D eigenvalue weighted by molar-refractivity contribution is -0.122. The molecule has 0 spiro atoms. The molecule has 140 valence electrons. The van der Waals surface area contributed by atoms with Crippen LogP contribution in [0.2, 0.25) is 10.0 Å². The molecule has 0 bridgehead atoms. The van der Waals surface area contributed by atoms with Crippen molar-refractivity contribution >= 4 is 44.8 Å². The fraction of sp³-hybridized carbons (Fsp3) is 0.235. The summed E-state index contributed by atoms with van der Waals surface area (Å²) in [5, 5.41) is 3.51. The third kappa shape index (κ3) is 5.09. The van der Waals surface area contributed by atoms with Crippen LogP contribution < -0.4 is 9.62 Å². The largest absolute Gasteiger partial charge is 0.350 e. The Morgan fingerprint density at radius 3 is 2.35 bits per heavy atom. The van der Waals surface area contributed by atoms with Gasteiger partial charge in [-0.25, -0.2) is 12.8 Å². The summed E-state index contributed by atoms with van der Waals surface area (Å²) in [4.78, 5) is 12.5. The zero-order valence-electron chi connectivity index (χ0n) is 14.0. The van der Waals surface area contributed by atoms with Gasteiger partial charge in [0.2, 0.25) is 15.9 Å². The van der Waals surface area contributed by atoms with E-state index in [-0.39, 0.29) is 12.2 Å². The number of hydrogen-bond donors (Lipinski definition) is 1. The number of carbonyl (C=O) groups excluding carboxylic acids is 1. The predicted octanol–water partition coefficient (Wildman–Crippen LogP) is 3.60. The van der Waals surface area contributed by atoms with Crippen LogP contribution >= 0.6 is 23.2 Å². The third-order valence-corrected chi connectivity index (χ3v) is 5.47. The summed E-state index contributed by atoms with van der Waals surface area (Å²) in [5.41, 5.74) is 0.838. The molecule has 5 nitrogen and oxygen atoms in total. The zero-order chi connectivity index (χ0) is 19.5. The molecule has 1 atom stereocenters. The van der Waals surface area contributed by atoms with Gasteiger partial charge in [0.25, 0.3) is 0 Å². The van der Waals surface area contributed by atoms with E-state index in [4.69, 9.17) is 23.2 Å². The maximum atomic E-state index is 13.1. The Hall–Kier alpha value is -1.83. The highest BCUT2D eigenvalue weighted by Crippen LogP contribution is 2.22. The lowest BCUT2D eigenvalue weighted by Crippen LogP contribution is -2.47. The Balaban J connectivity index is 2.18. The Kier molecular flexibility index (Phi) is 6.49. The molecule has 0 heterocycles. The zero-order valence-corrected chi connectivity index (χ0v) is 16.4. The summed E-state index contributed by atoms with van der Waals surface area (Å²) in [6.07, 6.45) is 0.982. The number of nitrogens with zero attached hydrogens (tertiary/aromatic N) is 1. The molecule has 0 aliphatic carbocycles. The Labute approximate surface area is 161 Å². The third-order valence-electron chi connectivity index (χ3n) is 3.64. The molecule has 0 saturated heterocycles. The second-order valence-electron chi connectivity index (χ2n) is 5.66. The topological polar surface area (TPSA) is 66.5 Å². The first kappa shape index (κ1) is 20.5. The fourth-order valence-corrected chi connectivity index (χ4v) is 4.04. The van der Waals surface area contributed by atoms with E-state index in [1.807, 2.05) is 0 Å². The van der Waals surface area contributed by atoms with Crippen molar-refractivity contribution in [2.75, 3.05) is 10.6 Å². The highest BCUT2D eigenvalue weighted by molar-refractivity contribution is 7.92. The van der Waals surface area contributed by atoms with Crippen molar-refractivity contribution in [3.8, 4) is 0 Å². The van der Waals surface area contributed by atoms with E-state index in [9.17, 15) is 17.6 Å². The van der Waals surface area contributed by atoms with E-state index in [2.05, 4.69) is 5.32 Å². The molecule has 0 fully saturated rings. The summed E-state index contributed by atoms with van der Waals surface area (Å²) < 4.78 is 38.3. The van der Waals surface area contributed by atoms with Crippen molar-refractivity contribution in [3.63, 3.8) is 0 Å². The molecular weight excluding hydrogens is 402 g/mol. The first-order valence-corrected chi connectivity index (χ1v) is 10.2. The molecule has 1 amide bonds. The summed E-state index contributed by atoms with van der Waals surface area (Å²) in [6.45, 7) is 1.56. The number of anilines is 1. The van der Waals surface area contributed by atoms with Crippen LogP contribution in [0.4, 0.5) is 10.1 Å². The number of benzene rings is 2. The second-order valence-corrected chi connectivity index (χ2v) is 8.37. The monoisotopic (exact) mass is 418 g/mol. The smallest absolute Gasteiger partial charge is 0.243 e. The standard InChI is InChI=1S/C17H17Cl2FN2O3S/c1-11(17(23)21-10-12-3-4-13(18)9-16(12)19)22(26(2,24)25)15-7-5-14(20)6-8-15/h3-9,11H,10H2,1-2H3,(H,21,23)/t11-/m1/s1. The van der Waals surface area contributed by atoms with Crippen LogP contribution in [0.1, 0.15) is 12.5 Å². The molecule has 0 aromatic heterocycles. The quantitative estimate of drug-likeness (QED) is 0.778. The number of nitrogens with one attached hydrogen (secondary N) is 1. The van der Waals surface area contributed by atoms with Gasteiger partial charge in [-0.2, -0.15) is 0 Å². The summed E-state index contributed by atoms with van der Waals surface area (Å²) in [7, 11) is -3.77. The van der Waals surface area contributed by atoms with Crippen LogP contribution in [-0.4, -0.2) is 26.6 Å². The molecule has 2 aromatic rings. The average Bonchev–Trinajstić information content (AvgIpc) is 2.54. The number of amides is 1. The van der Waals surface area contributed by atoms with Crippen molar-refractivity contribution in [2.45, 2.75) is 19.5 Å². The SMILES string of the molecule is C[C@H](C(=O)NCc1ccc(Cl)cc1Cl)N(c1ccc(F)cc1)S(C)(=O)=O. The van der Waals surface area contributed by atoms with E-state index in [0.717, 1.165) is 22.7 Å². The van der Waals surface area contributed by atoms with Crippen LogP contribution in [0.5, 0.6) is 0 Å². The lowest BCUT2D eigenvalue weighted by Gasteiger charge is -2.28. The summed E-state index contributed by atoms with van der Waals surface area (Å²) >= 11 is 11.9. The maximum absolute atomic E-state index is 13.1. The van der Waals surface area contributed by atoms with Crippen LogP contribution in [-0.2, 0) is 21.4 Å². The Morgan fingerprint density at radius 1 is 1.19 bits per heavy atom. The van der Waals surface area contributed by atoms with Gasteiger partial charge < -0.3 is 5.32 Å². The van der Waals surface area contributed by atoms with E-state index in [0.29, 0.717) is 15.6 Å². The van der Waals surface area contributed by atoms with Gasteiger partial charge in [0.15, 0.2) is 0 Å². The van der Waals surface area contributed by atoms with E-state index in [1.54, 1.807) is 18.2 Å². The van der Waals surface area contributed by atoms with Gasteiger partial charge in [-0.05, 0) is 48.9 Å². The number of rotatable bonds is 6. The summed E-state index contributed by atoms with van der Waals surface area (Å²) in [5.74, 6) is -1.03. The van der Waals surface area contributed by atoms with Gasteiger partial charge >= 0.3 is 0 Å². The maximum Gasteiger partial charge on any atom is 0.243 e.